The van der Waals surface area contributed by atoms with Gasteiger partial charge in [-0.05, 0) is 154 Å². The van der Waals surface area contributed by atoms with Crippen molar-refractivity contribution in [2.45, 2.75) is 155 Å². The van der Waals surface area contributed by atoms with Gasteiger partial charge in [0.05, 0.1) is 30.9 Å². The first-order valence-corrected chi connectivity index (χ1v) is 27.6. The van der Waals surface area contributed by atoms with Crippen molar-refractivity contribution in [3.63, 3.8) is 0 Å². The Morgan fingerprint density at radius 3 is 1.62 bits per heavy atom. The van der Waals surface area contributed by atoms with Crippen LogP contribution >= 0.6 is 71.0 Å². The standard InChI is InChI=1S/C14H21BrClNOS.C14H19BrClNOS.C14H20BrNOS.2C2H6/c2*1-14(2,3)19(18)17-13(5-4-10-16)11-6-8-12(15)9-7-11;1-14(2,3)18(17)16-10-4-5-13(16)11-6-8-12(15)9-7-11;2*1-2/h6-9,13,17H,4-5,10H2,1-3H3;6-9H,4-5,10H2,1-3H3;6-9,13H,4-5,10H2,1-3H3;2*1-2H3/t13-,19-;19-;13-,18-;;/m000../s1. The summed E-state index contributed by atoms with van der Waals surface area (Å²) < 4.78 is 49.1. The monoisotopic (exact) mass is 1120 g/mol. The van der Waals surface area contributed by atoms with Crippen LogP contribution in [0, 0.1) is 0 Å². The van der Waals surface area contributed by atoms with E-state index in [9.17, 15) is 12.6 Å². The summed E-state index contributed by atoms with van der Waals surface area (Å²) in [6.45, 7) is 26.7. The highest BCUT2D eigenvalue weighted by Crippen LogP contribution is 2.36. The van der Waals surface area contributed by atoms with E-state index in [-0.39, 0.29) is 20.3 Å². The molecule has 0 aromatic heterocycles. The first-order valence-electron chi connectivity index (χ1n) is 20.8. The number of rotatable bonds is 13. The van der Waals surface area contributed by atoms with Crippen LogP contribution in [0.25, 0.3) is 0 Å². The summed E-state index contributed by atoms with van der Waals surface area (Å²) in [5.74, 6) is 1.20. The fourth-order valence-electron chi connectivity index (χ4n) is 5.24. The number of hydrogen-bond acceptors (Lipinski definition) is 3. The predicted molar refractivity (Wildman–Crippen MR) is 280 cm³/mol. The molecule has 0 saturated carbocycles. The summed E-state index contributed by atoms with van der Waals surface area (Å²) in [5.41, 5.74) is 4.28. The van der Waals surface area contributed by atoms with Crippen LogP contribution < -0.4 is 4.72 Å². The van der Waals surface area contributed by atoms with E-state index in [1.54, 1.807) is 0 Å². The van der Waals surface area contributed by atoms with E-state index in [2.05, 4.69) is 97.6 Å². The van der Waals surface area contributed by atoms with Gasteiger partial charge in [0.15, 0.2) is 0 Å². The fourth-order valence-corrected chi connectivity index (χ4v) is 9.31. The Bertz CT molecular complexity index is 1730. The number of alkyl halides is 2. The van der Waals surface area contributed by atoms with E-state index in [1.807, 2.05) is 126 Å². The molecule has 0 spiro atoms. The van der Waals surface area contributed by atoms with Gasteiger partial charge in [-0.15, -0.1) is 23.2 Å². The normalized spacial score (nSPS) is 16.6. The Morgan fingerprint density at radius 1 is 0.717 bits per heavy atom. The average molecular weight is 1120 g/mol. The molecule has 14 heteroatoms. The lowest BCUT2D eigenvalue weighted by Gasteiger charge is -2.30. The molecule has 0 radical (unpaired) electrons. The van der Waals surface area contributed by atoms with Crippen molar-refractivity contribution in [1.82, 2.24) is 9.03 Å². The molecule has 1 fully saturated rings. The third-order valence-electron chi connectivity index (χ3n) is 8.34. The zero-order valence-corrected chi connectivity index (χ0v) is 46.9. The van der Waals surface area contributed by atoms with Crippen molar-refractivity contribution in [2.24, 2.45) is 4.40 Å². The molecule has 1 aliphatic heterocycles. The minimum atomic E-state index is -1.24. The molecule has 1 heterocycles. The Balaban J connectivity index is 0.000000834. The highest BCUT2D eigenvalue weighted by Gasteiger charge is 2.35. The number of hydrogen-bond donors (Lipinski definition) is 1. The van der Waals surface area contributed by atoms with Gasteiger partial charge in [-0.25, -0.2) is 21.7 Å². The molecule has 1 aliphatic rings. The highest BCUT2D eigenvalue weighted by atomic mass is 79.9. The highest BCUT2D eigenvalue weighted by molar-refractivity contribution is 9.11. The SMILES string of the molecule is CC.CC.CC(C)(C)[S@](=O)N1CCC[C@H]1c1ccc(Br)cc1.CC(C)(C)[S@](=O)N=C(CCCCl)c1ccc(Br)cc1.CC(C)(C)[S@](=O)N[C@@H](CCCCl)c1ccc(Br)cc1. The molecule has 0 bridgehead atoms. The topological polar surface area (TPSA) is 78.8 Å². The van der Waals surface area contributed by atoms with Gasteiger partial charge in [-0.3, -0.25) is 0 Å². The van der Waals surface area contributed by atoms with Gasteiger partial charge in [0, 0.05) is 43.8 Å². The summed E-state index contributed by atoms with van der Waals surface area (Å²) in [4.78, 5) is 0. The van der Waals surface area contributed by atoms with E-state index >= 15 is 0 Å². The second kappa shape index (κ2) is 30.8. The van der Waals surface area contributed by atoms with Crippen molar-refractivity contribution in [2.75, 3.05) is 18.3 Å². The van der Waals surface area contributed by atoms with Crippen LogP contribution in [-0.4, -0.2) is 55.2 Å². The van der Waals surface area contributed by atoms with Gasteiger partial charge in [0.25, 0.3) is 0 Å². The number of benzene rings is 3. The zero-order valence-electron chi connectivity index (χ0n) is 38.2. The van der Waals surface area contributed by atoms with Crippen molar-refractivity contribution in [3.05, 3.63) is 103 Å². The summed E-state index contributed by atoms with van der Waals surface area (Å²) in [5, 5.41) is 0. The van der Waals surface area contributed by atoms with Gasteiger partial charge in [-0.1, -0.05) is 112 Å². The maximum Gasteiger partial charge on any atom is 0.145 e. The molecule has 3 aromatic carbocycles. The van der Waals surface area contributed by atoms with Crippen LogP contribution in [0.15, 0.2) is 90.6 Å². The van der Waals surface area contributed by atoms with Crippen LogP contribution in [-0.2, 0) is 33.0 Å². The van der Waals surface area contributed by atoms with E-state index < -0.39 is 33.0 Å². The van der Waals surface area contributed by atoms with E-state index in [0.29, 0.717) is 17.8 Å². The van der Waals surface area contributed by atoms with Crippen molar-refractivity contribution < 1.29 is 12.6 Å². The van der Waals surface area contributed by atoms with Crippen molar-refractivity contribution >= 4 is 110 Å². The quantitative estimate of drug-likeness (QED) is 0.137. The molecule has 3 aromatic rings. The molecule has 1 saturated heterocycles. The first-order chi connectivity index (χ1) is 28.1. The van der Waals surface area contributed by atoms with Gasteiger partial charge < -0.3 is 0 Å². The first kappa shape index (κ1) is 59.7. The maximum atomic E-state index is 12.5. The average Bonchev–Trinajstić information content (AvgIpc) is 3.69. The Kier molecular flexibility index (Phi) is 30.6. The summed E-state index contributed by atoms with van der Waals surface area (Å²) in [6.07, 6.45) is 5.58. The van der Waals surface area contributed by atoms with Crippen LogP contribution in [0.1, 0.15) is 157 Å². The van der Waals surface area contributed by atoms with Crippen molar-refractivity contribution in [1.29, 1.82) is 0 Å². The van der Waals surface area contributed by atoms with E-state index in [4.69, 9.17) is 23.2 Å². The molecule has 0 unspecified atom stereocenters. The largest absolute Gasteiger partial charge is 0.242 e. The summed E-state index contributed by atoms with van der Waals surface area (Å²) >= 11 is 21.8. The third-order valence-corrected chi connectivity index (χ3v) is 15.4. The minimum absolute atomic E-state index is 0.0758. The number of halogens is 5. The molecule has 0 amide bonds. The molecule has 0 aliphatic carbocycles. The number of nitrogens with one attached hydrogen (secondary N) is 1. The Morgan fingerprint density at radius 2 is 1.18 bits per heavy atom. The second-order valence-electron chi connectivity index (χ2n) is 16.3. The lowest BCUT2D eigenvalue weighted by atomic mass is 10.0. The molecule has 1 N–H and O–H groups in total. The fraction of sp³-hybridized carbons (Fsp3) is 0.587. The lowest BCUT2D eigenvalue weighted by Crippen LogP contribution is -2.37. The molecule has 342 valence electrons. The van der Waals surface area contributed by atoms with Crippen molar-refractivity contribution in [3.8, 4) is 0 Å². The minimum Gasteiger partial charge on any atom is -0.242 e. The van der Waals surface area contributed by atoms with Gasteiger partial charge in [0.2, 0.25) is 0 Å². The maximum absolute atomic E-state index is 12.5. The molecule has 6 nitrogen and oxygen atoms in total. The van der Waals surface area contributed by atoms with Crippen LogP contribution in [0.2, 0.25) is 0 Å². The second-order valence-corrected chi connectivity index (χ2v) is 25.9. The third kappa shape index (κ3) is 23.1. The van der Waals surface area contributed by atoms with E-state index in [1.165, 1.54) is 5.56 Å². The van der Waals surface area contributed by atoms with Gasteiger partial charge >= 0.3 is 0 Å². The van der Waals surface area contributed by atoms with E-state index in [0.717, 1.165) is 75.3 Å². The molecular formula is C46H72Br3Cl2N3O3S3. The molecular weight excluding hydrogens is 1050 g/mol. The Labute approximate surface area is 408 Å². The molecule has 5 atom stereocenters. The van der Waals surface area contributed by atoms with Crippen LogP contribution in [0.5, 0.6) is 0 Å². The number of nitrogens with zero attached hydrogens (tertiary/aromatic N) is 2. The predicted octanol–water partition coefficient (Wildman–Crippen LogP) is 15.4. The Hall–Kier alpha value is -0.280. The summed E-state index contributed by atoms with van der Waals surface area (Å²) in [6, 6.07) is 24.8. The van der Waals surface area contributed by atoms with Gasteiger partial charge in [0.1, 0.15) is 22.0 Å². The zero-order chi connectivity index (χ0) is 46.3. The molecule has 60 heavy (non-hydrogen) atoms. The van der Waals surface area contributed by atoms with Crippen LogP contribution in [0.3, 0.4) is 0 Å². The van der Waals surface area contributed by atoms with Gasteiger partial charge in [-0.2, -0.15) is 4.40 Å². The smallest absolute Gasteiger partial charge is 0.145 e. The summed E-state index contributed by atoms with van der Waals surface area (Å²) in [7, 11) is -3.25. The van der Waals surface area contributed by atoms with Crippen LogP contribution in [0.4, 0.5) is 0 Å². The molecule has 4 rings (SSSR count). The lowest BCUT2D eigenvalue weighted by molar-refractivity contribution is 0.416.